The van der Waals surface area contributed by atoms with Crippen LogP contribution in [0.2, 0.25) is 0 Å². The van der Waals surface area contributed by atoms with E-state index >= 15 is 0 Å². The smallest absolute Gasteiger partial charge is 0.407 e. The Morgan fingerprint density at radius 1 is 1.38 bits per heavy atom. The molecule has 1 fully saturated rings. The van der Waals surface area contributed by atoms with Crippen LogP contribution < -0.4 is 0 Å². The fourth-order valence-corrected chi connectivity index (χ4v) is 4.38. The number of aromatic amines is 1. The molecule has 26 heavy (non-hydrogen) atoms. The van der Waals surface area contributed by atoms with Crippen LogP contribution in [0.3, 0.4) is 0 Å². The Balaban J connectivity index is 1.97. The van der Waals surface area contributed by atoms with E-state index in [1.165, 1.54) is 0 Å². The van der Waals surface area contributed by atoms with Gasteiger partial charge in [0.05, 0.1) is 17.3 Å². The van der Waals surface area contributed by atoms with Crippen molar-refractivity contribution in [3.05, 3.63) is 24.3 Å². The summed E-state index contributed by atoms with van der Waals surface area (Å²) in [6.45, 7) is 8.87. The van der Waals surface area contributed by atoms with Crippen molar-refractivity contribution in [2.45, 2.75) is 52.0 Å². The lowest BCUT2D eigenvalue weighted by Crippen LogP contribution is -2.63. The fraction of sp³-hybridized carbons (Fsp3) is 0.556. The van der Waals surface area contributed by atoms with Gasteiger partial charge in [-0.3, -0.25) is 4.40 Å². The van der Waals surface area contributed by atoms with Gasteiger partial charge in [-0.2, -0.15) is 0 Å². The molecule has 2 atom stereocenters. The number of nitrogens with zero attached hydrogens (tertiary/aromatic N) is 5. The first kappa shape index (κ1) is 16.8. The number of hydrogen-bond donors (Lipinski definition) is 2. The zero-order valence-electron chi connectivity index (χ0n) is 15.5. The zero-order valence-corrected chi connectivity index (χ0v) is 15.5. The number of carbonyl (C=O) groups is 1. The number of aromatic nitrogens is 5. The van der Waals surface area contributed by atoms with Crippen LogP contribution >= 0.6 is 0 Å². The molecule has 4 heterocycles. The summed E-state index contributed by atoms with van der Waals surface area (Å²) in [7, 11) is 0. The van der Waals surface area contributed by atoms with Crippen molar-refractivity contribution in [3.63, 3.8) is 0 Å². The second-order valence-electron chi connectivity index (χ2n) is 8.25. The Bertz CT molecular complexity index is 985. The number of piperidine rings is 1. The van der Waals surface area contributed by atoms with E-state index in [0.717, 1.165) is 29.8 Å². The first-order chi connectivity index (χ1) is 12.2. The maximum absolute atomic E-state index is 12.0. The van der Waals surface area contributed by atoms with Gasteiger partial charge in [0.1, 0.15) is 5.82 Å². The average molecular weight is 356 g/mol. The van der Waals surface area contributed by atoms with Crippen LogP contribution in [0.4, 0.5) is 4.79 Å². The summed E-state index contributed by atoms with van der Waals surface area (Å²) < 4.78 is 2.01. The van der Waals surface area contributed by atoms with Gasteiger partial charge in [-0.15, -0.1) is 10.2 Å². The SMILES string of the molecule is CC(C)(C)C1(C)C(c2nnc3cnc4[nH]ccc4n23)CCCN1C(=O)O. The number of hydrogen-bond acceptors (Lipinski definition) is 4. The number of H-pyrrole nitrogens is 1. The second kappa shape index (κ2) is 5.43. The topological polar surface area (TPSA) is 99.4 Å². The Morgan fingerprint density at radius 3 is 2.85 bits per heavy atom. The molecule has 0 spiro atoms. The van der Waals surface area contributed by atoms with Crippen LogP contribution in [-0.2, 0) is 0 Å². The fourth-order valence-electron chi connectivity index (χ4n) is 4.38. The molecule has 1 aliphatic rings. The van der Waals surface area contributed by atoms with E-state index < -0.39 is 11.6 Å². The van der Waals surface area contributed by atoms with Crippen molar-refractivity contribution in [2.24, 2.45) is 5.41 Å². The Hall–Kier alpha value is -2.64. The van der Waals surface area contributed by atoms with Crippen LogP contribution in [0, 0.1) is 5.41 Å². The maximum atomic E-state index is 12.0. The summed E-state index contributed by atoms with van der Waals surface area (Å²) in [5.41, 5.74) is 1.47. The van der Waals surface area contributed by atoms with E-state index in [1.807, 2.05) is 23.6 Å². The van der Waals surface area contributed by atoms with Crippen LogP contribution in [0.1, 0.15) is 52.3 Å². The normalized spacial score (nSPS) is 24.5. The zero-order chi connectivity index (χ0) is 18.7. The molecule has 2 unspecified atom stereocenters. The predicted molar refractivity (Wildman–Crippen MR) is 97.2 cm³/mol. The van der Waals surface area contributed by atoms with Gasteiger partial charge in [-0.25, -0.2) is 9.78 Å². The van der Waals surface area contributed by atoms with Gasteiger partial charge < -0.3 is 15.0 Å². The molecule has 0 aromatic carbocycles. The molecule has 8 nitrogen and oxygen atoms in total. The van der Waals surface area contributed by atoms with E-state index in [4.69, 9.17) is 0 Å². The van der Waals surface area contributed by atoms with Gasteiger partial charge in [-0.1, -0.05) is 20.8 Å². The number of carboxylic acid groups (broad SMARTS) is 1. The molecule has 0 aliphatic carbocycles. The van der Waals surface area contributed by atoms with Crippen molar-refractivity contribution < 1.29 is 9.90 Å². The molecule has 8 heteroatoms. The monoisotopic (exact) mass is 356 g/mol. The molecule has 1 amide bonds. The van der Waals surface area contributed by atoms with E-state index in [0.29, 0.717) is 12.2 Å². The summed E-state index contributed by atoms with van der Waals surface area (Å²) in [4.78, 5) is 21.1. The van der Waals surface area contributed by atoms with Crippen LogP contribution in [0.15, 0.2) is 18.5 Å². The average Bonchev–Trinajstić information content (AvgIpc) is 3.19. The first-order valence-electron chi connectivity index (χ1n) is 8.93. The Morgan fingerprint density at radius 2 is 2.15 bits per heavy atom. The van der Waals surface area contributed by atoms with Crippen molar-refractivity contribution >= 4 is 22.9 Å². The van der Waals surface area contributed by atoms with Crippen LogP contribution in [-0.4, -0.2) is 52.7 Å². The Kier molecular flexibility index (Phi) is 3.51. The van der Waals surface area contributed by atoms with E-state index in [-0.39, 0.29) is 11.3 Å². The molecule has 3 aromatic heterocycles. The van der Waals surface area contributed by atoms with Crippen molar-refractivity contribution in [3.8, 4) is 0 Å². The van der Waals surface area contributed by atoms with Gasteiger partial charge in [0, 0.05) is 18.7 Å². The van der Waals surface area contributed by atoms with Gasteiger partial charge in [0.15, 0.2) is 11.3 Å². The minimum Gasteiger partial charge on any atom is -0.465 e. The summed E-state index contributed by atoms with van der Waals surface area (Å²) in [5, 5.41) is 18.7. The van der Waals surface area contributed by atoms with Gasteiger partial charge >= 0.3 is 6.09 Å². The summed E-state index contributed by atoms with van der Waals surface area (Å²) in [6, 6.07) is 1.95. The molecule has 0 radical (unpaired) electrons. The number of likely N-dealkylation sites (tertiary alicyclic amines) is 1. The lowest BCUT2D eigenvalue weighted by molar-refractivity contribution is -0.0303. The highest BCUT2D eigenvalue weighted by Gasteiger charge is 2.54. The third kappa shape index (κ3) is 2.14. The summed E-state index contributed by atoms with van der Waals surface area (Å²) in [5.74, 6) is 0.734. The molecule has 1 aliphatic heterocycles. The highest BCUT2D eigenvalue weighted by Crippen LogP contribution is 2.50. The van der Waals surface area contributed by atoms with E-state index in [9.17, 15) is 9.90 Å². The summed E-state index contributed by atoms with van der Waals surface area (Å²) in [6.07, 6.45) is 4.33. The van der Waals surface area contributed by atoms with E-state index in [2.05, 4.69) is 40.9 Å². The predicted octanol–water partition coefficient (Wildman–Crippen LogP) is 3.27. The third-order valence-electron chi connectivity index (χ3n) is 6.14. The number of amides is 1. The minimum atomic E-state index is -0.880. The third-order valence-corrected chi connectivity index (χ3v) is 6.14. The molecular formula is C18H24N6O2. The number of rotatable bonds is 1. The van der Waals surface area contributed by atoms with Crippen molar-refractivity contribution in [1.29, 1.82) is 0 Å². The molecule has 1 saturated heterocycles. The Labute approximate surface area is 151 Å². The van der Waals surface area contributed by atoms with Gasteiger partial charge in [0.25, 0.3) is 0 Å². The van der Waals surface area contributed by atoms with Crippen LogP contribution in [0.5, 0.6) is 0 Å². The van der Waals surface area contributed by atoms with Gasteiger partial charge in [-0.05, 0) is 31.2 Å². The molecule has 0 saturated carbocycles. The number of nitrogens with one attached hydrogen (secondary N) is 1. The van der Waals surface area contributed by atoms with E-state index in [1.54, 1.807) is 11.1 Å². The first-order valence-corrected chi connectivity index (χ1v) is 8.93. The summed E-state index contributed by atoms with van der Waals surface area (Å²) >= 11 is 0. The molecule has 138 valence electrons. The lowest BCUT2D eigenvalue weighted by Gasteiger charge is -2.55. The molecule has 2 N–H and O–H groups in total. The quantitative estimate of drug-likeness (QED) is 0.697. The second-order valence-corrected chi connectivity index (χ2v) is 8.25. The van der Waals surface area contributed by atoms with Crippen LogP contribution in [0.25, 0.3) is 16.8 Å². The molecule has 4 rings (SSSR count). The lowest BCUT2D eigenvalue weighted by atomic mass is 9.63. The minimum absolute atomic E-state index is 0.0668. The highest BCUT2D eigenvalue weighted by molar-refractivity contribution is 5.74. The molecular weight excluding hydrogens is 332 g/mol. The van der Waals surface area contributed by atoms with Crippen molar-refractivity contribution in [1.82, 2.24) is 29.5 Å². The molecule has 0 bridgehead atoms. The molecule has 3 aromatic rings. The highest BCUT2D eigenvalue weighted by atomic mass is 16.4. The number of fused-ring (bicyclic) bond motifs is 3. The largest absolute Gasteiger partial charge is 0.465 e. The standard InChI is InChI=1S/C18H24N6O2/c1-17(2,3)18(4)11(6-5-9-23(18)16(25)26)15-22-21-13-10-20-14-12(24(13)15)7-8-19-14/h7-8,10-11,19H,5-6,9H2,1-4H3,(H,25,26). The van der Waals surface area contributed by atoms with Crippen molar-refractivity contribution in [2.75, 3.05) is 6.54 Å². The maximum Gasteiger partial charge on any atom is 0.407 e. The van der Waals surface area contributed by atoms with Gasteiger partial charge in [0.2, 0.25) is 0 Å².